The number of rotatable bonds is 7. The summed E-state index contributed by atoms with van der Waals surface area (Å²) in [4.78, 5) is 2.34. The molecule has 0 unspecified atom stereocenters. The molecule has 12 aromatic rings. The van der Waals surface area contributed by atoms with Crippen molar-refractivity contribution in [2.24, 2.45) is 0 Å². The van der Waals surface area contributed by atoms with E-state index in [4.69, 9.17) is 8.83 Å². The molecule has 0 fully saturated rings. The van der Waals surface area contributed by atoms with Crippen LogP contribution in [0.3, 0.4) is 0 Å². The van der Waals surface area contributed by atoms with Crippen molar-refractivity contribution in [2.75, 3.05) is 4.90 Å². The van der Waals surface area contributed by atoms with E-state index in [9.17, 15) is 0 Å². The first-order valence-corrected chi connectivity index (χ1v) is 20.7. The molecule has 0 bridgehead atoms. The van der Waals surface area contributed by atoms with Crippen molar-refractivity contribution < 1.29 is 8.83 Å². The second-order valence-corrected chi connectivity index (χ2v) is 15.7. The van der Waals surface area contributed by atoms with Crippen LogP contribution in [0.1, 0.15) is 0 Å². The maximum absolute atomic E-state index is 6.89. The zero-order chi connectivity index (χ0) is 40.3. The van der Waals surface area contributed by atoms with Crippen molar-refractivity contribution in [1.29, 1.82) is 0 Å². The van der Waals surface area contributed by atoms with Crippen LogP contribution in [0.2, 0.25) is 0 Å². The summed E-state index contributed by atoms with van der Waals surface area (Å²) in [5.74, 6) is 0. The van der Waals surface area contributed by atoms with E-state index in [0.717, 1.165) is 88.6 Å². The van der Waals surface area contributed by atoms with Crippen LogP contribution in [0.25, 0.3) is 99.2 Å². The number of hydrogen-bond donors (Lipinski definition) is 0. The molecule has 61 heavy (non-hydrogen) atoms. The number of hydrogen-bond acceptors (Lipinski definition) is 3. The average molecular weight is 780 g/mol. The lowest BCUT2D eigenvalue weighted by molar-refractivity contribution is 0.669. The molecule has 2 aromatic heterocycles. The molecule has 0 amide bonds. The SMILES string of the molecule is c1ccc(-c2ccc(N(c3ccc(-c4ccccc4)cc3)c3ccc4oc5c(-c6ccc(-c7cccc8c7oc7ccccc78)cc6)c6ccccc6cc5c4c3)cc2)cc1. The summed E-state index contributed by atoms with van der Waals surface area (Å²) in [5, 5.41) is 6.73. The number of fused-ring (bicyclic) bond motifs is 7. The fourth-order valence-electron chi connectivity index (χ4n) is 9.09. The first-order chi connectivity index (χ1) is 30.2. The highest BCUT2D eigenvalue weighted by molar-refractivity contribution is 6.19. The van der Waals surface area contributed by atoms with Crippen LogP contribution in [0, 0.1) is 0 Å². The van der Waals surface area contributed by atoms with E-state index >= 15 is 0 Å². The summed E-state index contributed by atoms with van der Waals surface area (Å²) >= 11 is 0. The van der Waals surface area contributed by atoms with Gasteiger partial charge in [-0.2, -0.15) is 0 Å². The first kappa shape index (κ1) is 34.9. The van der Waals surface area contributed by atoms with Gasteiger partial charge in [-0.25, -0.2) is 0 Å². The third-order valence-electron chi connectivity index (χ3n) is 12.1. The lowest BCUT2D eigenvalue weighted by Crippen LogP contribution is -2.09. The largest absolute Gasteiger partial charge is 0.455 e. The molecule has 0 aliphatic heterocycles. The van der Waals surface area contributed by atoms with Gasteiger partial charge in [-0.05, 0) is 98.8 Å². The van der Waals surface area contributed by atoms with Crippen molar-refractivity contribution in [1.82, 2.24) is 0 Å². The molecule has 3 heteroatoms. The summed E-state index contributed by atoms with van der Waals surface area (Å²) < 4.78 is 13.3. The summed E-state index contributed by atoms with van der Waals surface area (Å²) in [6.07, 6.45) is 0. The smallest absolute Gasteiger partial charge is 0.143 e. The maximum Gasteiger partial charge on any atom is 0.143 e. The van der Waals surface area contributed by atoms with Gasteiger partial charge in [0.1, 0.15) is 22.3 Å². The van der Waals surface area contributed by atoms with Crippen molar-refractivity contribution in [3.63, 3.8) is 0 Å². The molecule has 10 aromatic carbocycles. The van der Waals surface area contributed by atoms with E-state index in [2.05, 4.69) is 217 Å². The maximum atomic E-state index is 6.89. The monoisotopic (exact) mass is 779 g/mol. The zero-order valence-electron chi connectivity index (χ0n) is 33.1. The van der Waals surface area contributed by atoms with E-state index in [1.54, 1.807) is 0 Å². The van der Waals surface area contributed by atoms with Crippen molar-refractivity contribution in [3.8, 4) is 44.5 Å². The molecule has 2 heterocycles. The summed E-state index contributed by atoms with van der Waals surface area (Å²) in [6, 6.07) is 79.8. The highest BCUT2D eigenvalue weighted by atomic mass is 16.3. The van der Waals surface area contributed by atoms with Gasteiger partial charge in [0.2, 0.25) is 0 Å². The minimum atomic E-state index is 0.849. The van der Waals surface area contributed by atoms with Gasteiger partial charge in [0, 0.05) is 49.7 Å². The molecular weight excluding hydrogens is 743 g/mol. The lowest BCUT2D eigenvalue weighted by Gasteiger charge is -2.26. The molecule has 0 saturated carbocycles. The molecule has 12 rings (SSSR count). The highest BCUT2D eigenvalue weighted by Crippen LogP contribution is 2.45. The number of benzene rings is 10. The van der Waals surface area contributed by atoms with Gasteiger partial charge in [0.15, 0.2) is 0 Å². The Hall–Kier alpha value is -8.14. The van der Waals surface area contributed by atoms with Crippen LogP contribution >= 0.6 is 0 Å². The summed E-state index contributed by atoms with van der Waals surface area (Å²) in [7, 11) is 0. The Morgan fingerprint density at radius 1 is 0.279 bits per heavy atom. The highest BCUT2D eigenvalue weighted by Gasteiger charge is 2.20. The van der Waals surface area contributed by atoms with Gasteiger partial charge < -0.3 is 13.7 Å². The number of furan rings is 2. The van der Waals surface area contributed by atoms with E-state index < -0.39 is 0 Å². The number of anilines is 3. The predicted molar refractivity (Wildman–Crippen MR) is 255 cm³/mol. The second kappa shape index (κ2) is 14.3. The van der Waals surface area contributed by atoms with Gasteiger partial charge in [-0.1, -0.05) is 170 Å². The van der Waals surface area contributed by atoms with Gasteiger partial charge in [-0.3, -0.25) is 0 Å². The molecule has 0 radical (unpaired) electrons. The van der Waals surface area contributed by atoms with E-state index in [1.807, 2.05) is 12.1 Å². The molecule has 0 spiro atoms. The topological polar surface area (TPSA) is 29.5 Å². The van der Waals surface area contributed by atoms with Crippen LogP contribution < -0.4 is 4.90 Å². The van der Waals surface area contributed by atoms with E-state index in [1.165, 1.54) is 27.6 Å². The van der Waals surface area contributed by atoms with Crippen LogP contribution in [0.5, 0.6) is 0 Å². The van der Waals surface area contributed by atoms with Crippen molar-refractivity contribution >= 4 is 71.7 Å². The van der Waals surface area contributed by atoms with Gasteiger partial charge in [-0.15, -0.1) is 0 Å². The molecule has 0 saturated heterocycles. The summed E-state index contributed by atoms with van der Waals surface area (Å²) in [5.41, 5.74) is 15.8. The normalized spacial score (nSPS) is 11.6. The quantitative estimate of drug-likeness (QED) is 0.161. The minimum absolute atomic E-state index is 0.849. The Balaban J connectivity index is 0.990. The van der Waals surface area contributed by atoms with E-state index in [0.29, 0.717) is 0 Å². The number of para-hydroxylation sites is 2. The average Bonchev–Trinajstić information content (AvgIpc) is 3.90. The van der Waals surface area contributed by atoms with Gasteiger partial charge in [0.05, 0.1) is 0 Å². The fraction of sp³-hybridized carbons (Fsp3) is 0. The third-order valence-corrected chi connectivity index (χ3v) is 12.1. The van der Waals surface area contributed by atoms with Crippen molar-refractivity contribution in [2.45, 2.75) is 0 Å². The molecule has 286 valence electrons. The van der Waals surface area contributed by atoms with Crippen LogP contribution in [-0.2, 0) is 0 Å². The Kier molecular flexibility index (Phi) is 8.17. The summed E-state index contributed by atoms with van der Waals surface area (Å²) in [6.45, 7) is 0. The minimum Gasteiger partial charge on any atom is -0.455 e. The Bertz CT molecular complexity index is 3460. The Labute approximate surface area is 353 Å². The molecule has 0 aliphatic rings. The molecule has 0 aliphatic carbocycles. The standard InChI is InChI=1S/C58H37NO2/c1-3-12-38(13-4-1)40-26-30-45(31-27-40)59(46-32-28-41(29-33-46)39-14-5-2-6-15-39)47-34-35-55-52(37-47)53-36-44-16-7-8-17-48(44)56(58(53)61-55)43-24-22-42(23-25-43)49-19-11-20-51-50-18-9-10-21-54(50)60-57(49)51/h1-37H. The fourth-order valence-corrected chi connectivity index (χ4v) is 9.09. The Morgan fingerprint density at radius 2 is 0.787 bits per heavy atom. The number of nitrogens with zero attached hydrogens (tertiary/aromatic N) is 1. The molecule has 0 atom stereocenters. The van der Waals surface area contributed by atoms with Crippen LogP contribution in [0.15, 0.2) is 233 Å². The van der Waals surface area contributed by atoms with Gasteiger partial charge in [0.25, 0.3) is 0 Å². The predicted octanol–water partition coefficient (Wildman–Crippen LogP) is 16.8. The second-order valence-electron chi connectivity index (χ2n) is 15.7. The van der Waals surface area contributed by atoms with Crippen LogP contribution in [0.4, 0.5) is 17.1 Å². The molecule has 3 nitrogen and oxygen atoms in total. The van der Waals surface area contributed by atoms with Crippen LogP contribution in [-0.4, -0.2) is 0 Å². The van der Waals surface area contributed by atoms with E-state index in [-0.39, 0.29) is 0 Å². The van der Waals surface area contributed by atoms with Crippen molar-refractivity contribution in [3.05, 3.63) is 224 Å². The Morgan fingerprint density at radius 3 is 1.48 bits per heavy atom. The third kappa shape index (κ3) is 5.98. The lowest BCUT2D eigenvalue weighted by atomic mass is 9.93. The first-order valence-electron chi connectivity index (χ1n) is 20.7. The molecular formula is C58H37NO2. The van der Waals surface area contributed by atoms with Gasteiger partial charge >= 0.3 is 0 Å². The molecule has 0 N–H and O–H groups in total. The zero-order valence-corrected chi connectivity index (χ0v) is 33.1.